The molecular formula is C18H13F4NO5S. The first-order valence-electron chi connectivity index (χ1n) is 8.02. The van der Waals surface area contributed by atoms with Crippen molar-refractivity contribution in [2.24, 2.45) is 0 Å². The first-order valence-corrected chi connectivity index (χ1v) is 8.83. The predicted octanol–water partition coefficient (Wildman–Crippen LogP) is 4.37. The van der Waals surface area contributed by atoms with Gasteiger partial charge in [-0.2, -0.15) is 0 Å². The van der Waals surface area contributed by atoms with Crippen molar-refractivity contribution in [3.05, 3.63) is 46.2 Å². The van der Waals surface area contributed by atoms with E-state index >= 15 is 0 Å². The molecule has 0 amide bonds. The van der Waals surface area contributed by atoms with Crippen LogP contribution in [0.25, 0.3) is 10.9 Å². The van der Waals surface area contributed by atoms with E-state index in [0.717, 1.165) is 16.7 Å². The Kier molecular flexibility index (Phi) is 5.26. The number of carboxylic acid groups (broad SMARTS) is 1. The van der Waals surface area contributed by atoms with Crippen LogP contribution in [0.1, 0.15) is 20.9 Å². The van der Waals surface area contributed by atoms with Crippen LogP contribution in [0.4, 0.5) is 17.6 Å². The number of methoxy groups -OCH3 is 1. The zero-order chi connectivity index (χ0) is 21.5. The normalized spacial score (nSPS) is 11.7. The standard InChI is InChI=1S/C18H13F4NO5S/c1-8-9(7-13(24)25)15-10(3-4-11(27-2)16(15)19)23(8)17(26)12-5-6-14(29-12)28-18(20,21)22/h3-6H,7H2,1-2H3,(H,24,25). The number of benzene rings is 1. The molecule has 0 saturated heterocycles. The van der Waals surface area contributed by atoms with Gasteiger partial charge in [0.1, 0.15) is 0 Å². The fourth-order valence-corrected chi connectivity index (χ4v) is 3.82. The van der Waals surface area contributed by atoms with Crippen molar-refractivity contribution in [2.45, 2.75) is 19.7 Å². The zero-order valence-electron chi connectivity index (χ0n) is 15.0. The first-order chi connectivity index (χ1) is 13.5. The van der Waals surface area contributed by atoms with Crippen LogP contribution in [0.3, 0.4) is 0 Å². The van der Waals surface area contributed by atoms with E-state index in [1.54, 1.807) is 0 Å². The number of fused-ring (bicyclic) bond motifs is 1. The Morgan fingerprint density at radius 1 is 1.21 bits per heavy atom. The minimum Gasteiger partial charge on any atom is -0.494 e. The van der Waals surface area contributed by atoms with E-state index in [-0.39, 0.29) is 32.8 Å². The minimum atomic E-state index is -4.91. The smallest absolute Gasteiger partial charge is 0.494 e. The van der Waals surface area contributed by atoms with E-state index in [1.165, 1.54) is 26.2 Å². The van der Waals surface area contributed by atoms with Crippen molar-refractivity contribution >= 4 is 34.1 Å². The molecule has 3 rings (SSSR count). The summed E-state index contributed by atoms with van der Waals surface area (Å²) in [7, 11) is 1.24. The molecule has 29 heavy (non-hydrogen) atoms. The van der Waals surface area contributed by atoms with Crippen LogP contribution in [0.5, 0.6) is 10.8 Å². The molecular weight excluding hydrogens is 418 g/mol. The summed E-state index contributed by atoms with van der Waals surface area (Å²) >= 11 is 0.468. The summed E-state index contributed by atoms with van der Waals surface area (Å²) in [6.07, 6.45) is -5.46. The number of aromatic nitrogens is 1. The Labute approximate surface area is 164 Å². The van der Waals surface area contributed by atoms with Crippen molar-refractivity contribution in [1.29, 1.82) is 0 Å². The highest BCUT2D eigenvalue weighted by molar-refractivity contribution is 7.15. The third-order valence-corrected chi connectivity index (χ3v) is 5.11. The molecule has 1 N–H and O–H groups in total. The fourth-order valence-electron chi connectivity index (χ4n) is 3.02. The third kappa shape index (κ3) is 3.90. The number of carbonyl (C=O) groups is 2. The van der Waals surface area contributed by atoms with Gasteiger partial charge in [-0.1, -0.05) is 11.3 Å². The Hall–Kier alpha value is -3.08. The van der Waals surface area contributed by atoms with E-state index in [0.29, 0.717) is 11.3 Å². The van der Waals surface area contributed by atoms with Gasteiger partial charge in [-0.05, 0) is 36.8 Å². The maximum atomic E-state index is 14.8. The van der Waals surface area contributed by atoms with Gasteiger partial charge in [0.25, 0.3) is 5.91 Å². The summed E-state index contributed by atoms with van der Waals surface area (Å²) in [5.41, 5.74) is 0.306. The number of alkyl halides is 3. The number of ether oxygens (including phenoxy) is 2. The van der Waals surface area contributed by atoms with Crippen molar-refractivity contribution in [2.75, 3.05) is 7.11 Å². The van der Waals surface area contributed by atoms with Crippen molar-refractivity contribution in [3.8, 4) is 10.8 Å². The summed E-state index contributed by atoms with van der Waals surface area (Å²) < 4.78 is 61.7. The number of nitrogens with zero attached hydrogens (tertiary/aromatic N) is 1. The number of hydrogen-bond donors (Lipinski definition) is 1. The molecule has 0 fully saturated rings. The second kappa shape index (κ2) is 7.39. The highest BCUT2D eigenvalue weighted by Crippen LogP contribution is 2.36. The fraction of sp³-hybridized carbons (Fsp3) is 0.222. The predicted molar refractivity (Wildman–Crippen MR) is 95.3 cm³/mol. The van der Waals surface area contributed by atoms with E-state index < -0.39 is 35.5 Å². The van der Waals surface area contributed by atoms with Gasteiger partial charge >= 0.3 is 12.3 Å². The highest BCUT2D eigenvalue weighted by atomic mass is 32.1. The average molecular weight is 431 g/mol. The molecule has 0 atom stereocenters. The molecule has 0 unspecified atom stereocenters. The number of carbonyl (C=O) groups excluding carboxylic acids is 1. The SMILES string of the molecule is COc1ccc2c(c1F)c(CC(=O)O)c(C)n2C(=O)c1ccc(OC(F)(F)F)s1. The Bertz CT molecular complexity index is 1120. The number of thiophene rings is 1. The topological polar surface area (TPSA) is 77.8 Å². The molecule has 0 radical (unpaired) electrons. The van der Waals surface area contributed by atoms with Gasteiger partial charge in [0.2, 0.25) is 0 Å². The molecule has 3 aromatic rings. The minimum absolute atomic E-state index is 0.0700. The van der Waals surface area contributed by atoms with Crippen LogP contribution >= 0.6 is 11.3 Å². The monoisotopic (exact) mass is 431 g/mol. The molecule has 0 saturated carbocycles. The van der Waals surface area contributed by atoms with Gasteiger partial charge in [-0.3, -0.25) is 14.2 Å². The largest absolute Gasteiger partial charge is 0.573 e. The van der Waals surface area contributed by atoms with Crippen molar-refractivity contribution in [3.63, 3.8) is 0 Å². The van der Waals surface area contributed by atoms with Gasteiger partial charge in [0, 0.05) is 11.1 Å². The molecule has 0 spiro atoms. The lowest BCUT2D eigenvalue weighted by molar-refractivity contribution is -0.273. The number of hydrogen-bond acceptors (Lipinski definition) is 5. The van der Waals surface area contributed by atoms with Gasteiger partial charge in [-0.15, -0.1) is 13.2 Å². The van der Waals surface area contributed by atoms with Crippen molar-refractivity contribution < 1.29 is 41.7 Å². The number of carboxylic acids is 1. The maximum Gasteiger partial charge on any atom is 0.573 e. The van der Waals surface area contributed by atoms with Crippen molar-refractivity contribution in [1.82, 2.24) is 4.57 Å². The summed E-state index contributed by atoms with van der Waals surface area (Å²) in [6, 6.07) is 4.80. The number of halogens is 4. The van der Waals surface area contributed by atoms with Gasteiger partial charge < -0.3 is 14.6 Å². The molecule has 0 aliphatic rings. The van der Waals surface area contributed by atoms with E-state index in [2.05, 4.69) is 4.74 Å². The Morgan fingerprint density at radius 3 is 2.48 bits per heavy atom. The molecule has 154 valence electrons. The van der Waals surface area contributed by atoms with Crippen LogP contribution in [0.15, 0.2) is 24.3 Å². The molecule has 0 aliphatic heterocycles. The van der Waals surface area contributed by atoms with Gasteiger partial charge in [0.05, 0.1) is 23.9 Å². The van der Waals surface area contributed by atoms with Crippen LogP contribution in [0.2, 0.25) is 0 Å². The third-order valence-electron chi connectivity index (χ3n) is 4.16. The molecule has 0 aliphatic carbocycles. The van der Waals surface area contributed by atoms with Crippen LogP contribution in [-0.4, -0.2) is 35.0 Å². The molecule has 2 heterocycles. The number of aliphatic carboxylic acids is 1. The lowest BCUT2D eigenvalue weighted by Gasteiger charge is -2.07. The van der Waals surface area contributed by atoms with Crippen LogP contribution in [-0.2, 0) is 11.2 Å². The lowest BCUT2D eigenvalue weighted by Crippen LogP contribution is -2.16. The number of rotatable bonds is 5. The second-order valence-electron chi connectivity index (χ2n) is 5.92. The molecule has 11 heteroatoms. The van der Waals surface area contributed by atoms with E-state index in [4.69, 9.17) is 4.74 Å². The average Bonchev–Trinajstić information content (AvgIpc) is 3.16. The zero-order valence-corrected chi connectivity index (χ0v) is 15.8. The van der Waals surface area contributed by atoms with Crippen LogP contribution < -0.4 is 9.47 Å². The summed E-state index contributed by atoms with van der Waals surface area (Å²) in [5.74, 6) is -2.94. The quantitative estimate of drug-likeness (QED) is 0.607. The van der Waals surface area contributed by atoms with E-state index in [1.807, 2.05) is 0 Å². The van der Waals surface area contributed by atoms with Gasteiger partial charge in [0.15, 0.2) is 16.6 Å². The Morgan fingerprint density at radius 2 is 1.90 bits per heavy atom. The van der Waals surface area contributed by atoms with E-state index in [9.17, 15) is 32.3 Å². The maximum absolute atomic E-state index is 14.8. The first kappa shape index (κ1) is 20.6. The summed E-state index contributed by atoms with van der Waals surface area (Å²) in [5, 5.41) is 8.55. The molecule has 1 aromatic carbocycles. The molecule has 0 bridgehead atoms. The second-order valence-corrected chi connectivity index (χ2v) is 6.96. The van der Waals surface area contributed by atoms with Gasteiger partial charge in [-0.25, -0.2) is 4.39 Å². The highest BCUT2D eigenvalue weighted by Gasteiger charge is 2.32. The molecule has 6 nitrogen and oxygen atoms in total. The Balaban J connectivity index is 2.16. The molecule has 2 aromatic heterocycles. The summed E-state index contributed by atoms with van der Waals surface area (Å²) in [6.45, 7) is 1.43. The van der Waals surface area contributed by atoms with Crippen LogP contribution in [0, 0.1) is 12.7 Å². The summed E-state index contributed by atoms with van der Waals surface area (Å²) in [4.78, 5) is 24.1. The lowest BCUT2D eigenvalue weighted by atomic mass is 10.1.